The Hall–Kier alpha value is -2.10. The summed E-state index contributed by atoms with van der Waals surface area (Å²) in [6, 6.07) is 6.22. The van der Waals surface area contributed by atoms with Gasteiger partial charge in [-0.15, -0.1) is 0 Å². The molecule has 0 radical (unpaired) electrons. The quantitative estimate of drug-likeness (QED) is 0.649. The Morgan fingerprint density at radius 1 is 1.20 bits per heavy atom. The van der Waals surface area contributed by atoms with Crippen molar-refractivity contribution < 1.29 is 0 Å². The molecule has 0 aliphatic rings. The Morgan fingerprint density at radius 2 is 2.13 bits per heavy atom. The lowest BCUT2D eigenvalue weighted by Gasteiger charge is -1.96. The molecule has 1 N–H and O–H groups in total. The average molecular weight is 198 g/mol. The molecule has 4 heteroatoms. The first-order valence-electron chi connectivity index (χ1n) is 4.75. The highest BCUT2D eigenvalue weighted by Gasteiger charge is 2.02. The summed E-state index contributed by atoms with van der Waals surface area (Å²) in [6.07, 6.45) is 5.68. The van der Waals surface area contributed by atoms with Gasteiger partial charge < -0.3 is 0 Å². The van der Waals surface area contributed by atoms with Crippen molar-refractivity contribution in [1.29, 1.82) is 0 Å². The molecule has 0 amide bonds. The van der Waals surface area contributed by atoms with E-state index in [9.17, 15) is 0 Å². The molecule has 0 atom stereocenters. The number of nitrogens with zero attached hydrogens (tertiary/aromatic N) is 3. The fraction of sp³-hybridized carbons (Fsp3) is 0.0909. The van der Waals surface area contributed by atoms with Gasteiger partial charge in [-0.25, -0.2) is 0 Å². The van der Waals surface area contributed by atoms with E-state index < -0.39 is 0 Å². The zero-order valence-corrected chi connectivity index (χ0v) is 8.31. The standard InChI is InChI=1S/C11H10N4/c1-15-7-10(6-13-15)8-2-3-9-5-12-14-11(9)4-8/h2-7H,1H3,(H,12,14). The summed E-state index contributed by atoms with van der Waals surface area (Å²) in [6.45, 7) is 0. The van der Waals surface area contributed by atoms with Crippen LogP contribution >= 0.6 is 0 Å². The van der Waals surface area contributed by atoms with Crippen molar-refractivity contribution >= 4 is 10.9 Å². The molecule has 0 aliphatic carbocycles. The zero-order chi connectivity index (χ0) is 10.3. The molecular formula is C11H10N4. The summed E-state index contributed by atoms with van der Waals surface area (Å²) in [5, 5.41) is 12.2. The van der Waals surface area contributed by atoms with Crippen molar-refractivity contribution in [2.24, 2.45) is 7.05 Å². The molecule has 0 saturated carbocycles. The van der Waals surface area contributed by atoms with Crippen LogP contribution in [0.1, 0.15) is 0 Å². The molecule has 2 aromatic heterocycles. The highest BCUT2D eigenvalue weighted by atomic mass is 15.2. The van der Waals surface area contributed by atoms with Gasteiger partial charge >= 0.3 is 0 Å². The molecule has 0 unspecified atom stereocenters. The molecule has 2 heterocycles. The van der Waals surface area contributed by atoms with E-state index in [0.717, 1.165) is 22.0 Å². The second kappa shape index (κ2) is 2.95. The van der Waals surface area contributed by atoms with E-state index in [4.69, 9.17) is 0 Å². The summed E-state index contributed by atoms with van der Waals surface area (Å²) < 4.78 is 1.80. The van der Waals surface area contributed by atoms with E-state index in [1.807, 2.05) is 25.6 Å². The van der Waals surface area contributed by atoms with Gasteiger partial charge in [0.2, 0.25) is 0 Å². The fourth-order valence-corrected chi connectivity index (χ4v) is 1.69. The van der Waals surface area contributed by atoms with Crippen LogP contribution in [0.15, 0.2) is 36.8 Å². The number of aromatic nitrogens is 4. The van der Waals surface area contributed by atoms with Gasteiger partial charge in [0.25, 0.3) is 0 Å². The summed E-state index contributed by atoms with van der Waals surface area (Å²) >= 11 is 0. The number of hydrogen-bond acceptors (Lipinski definition) is 2. The smallest absolute Gasteiger partial charge is 0.0656 e. The molecule has 4 nitrogen and oxygen atoms in total. The number of benzene rings is 1. The minimum atomic E-state index is 1.05. The lowest BCUT2D eigenvalue weighted by Crippen LogP contribution is -1.84. The second-order valence-electron chi connectivity index (χ2n) is 3.57. The lowest BCUT2D eigenvalue weighted by atomic mass is 10.1. The van der Waals surface area contributed by atoms with Crippen LogP contribution in [0.2, 0.25) is 0 Å². The predicted octanol–water partition coefficient (Wildman–Crippen LogP) is 1.96. The Morgan fingerprint density at radius 3 is 2.93 bits per heavy atom. The summed E-state index contributed by atoms with van der Waals surface area (Å²) in [5.41, 5.74) is 3.32. The Balaban J connectivity index is 2.18. The third-order valence-corrected chi connectivity index (χ3v) is 2.48. The Kier molecular flexibility index (Phi) is 1.62. The highest BCUT2D eigenvalue weighted by molar-refractivity contribution is 5.83. The minimum Gasteiger partial charge on any atom is -0.278 e. The van der Waals surface area contributed by atoms with Crippen LogP contribution in [0, 0.1) is 0 Å². The van der Waals surface area contributed by atoms with Crippen molar-refractivity contribution in [3.63, 3.8) is 0 Å². The second-order valence-corrected chi connectivity index (χ2v) is 3.57. The molecule has 1 aromatic carbocycles. The Bertz CT molecular complexity index is 606. The molecule has 3 rings (SSSR count). The Labute approximate surface area is 86.5 Å². The third-order valence-electron chi connectivity index (χ3n) is 2.48. The molecule has 15 heavy (non-hydrogen) atoms. The van der Waals surface area contributed by atoms with Gasteiger partial charge in [0, 0.05) is 24.2 Å². The van der Waals surface area contributed by atoms with Crippen LogP contribution < -0.4 is 0 Å². The molecule has 74 valence electrons. The van der Waals surface area contributed by atoms with Crippen LogP contribution in [0.4, 0.5) is 0 Å². The monoisotopic (exact) mass is 198 g/mol. The predicted molar refractivity (Wildman–Crippen MR) is 58.3 cm³/mol. The molecule has 0 fully saturated rings. The molecule has 0 saturated heterocycles. The number of H-pyrrole nitrogens is 1. The molecule has 0 spiro atoms. The largest absolute Gasteiger partial charge is 0.278 e. The first-order chi connectivity index (χ1) is 7.33. The van der Waals surface area contributed by atoms with Crippen molar-refractivity contribution in [3.8, 4) is 11.1 Å². The van der Waals surface area contributed by atoms with E-state index in [1.165, 1.54) is 0 Å². The highest BCUT2D eigenvalue weighted by Crippen LogP contribution is 2.22. The number of aryl methyl sites for hydroxylation is 1. The van der Waals surface area contributed by atoms with Gasteiger partial charge in [0.15, 0.2) is 0 Å². The lowest BCUT2D eigenvalue weighted by molar-refractivity contribution is 0.768. The summed E-state index contributed by atoms with van der Waals surface area (Å²) in [5.74, 6) is 0. The number of rotatable bonds is 1. The fourth-order valence-electron chi connectivity index (χ4n) is 1.69. The molecule has 0 aliphatic heterocycles. The van der Waals surface area contributed by atoms with E-state index in [2.05, 4.69) is 33.5 Å². The third kappa shape index (κ3) is 1.30. The zero-order valence-electron chi connectivity index (χ0n) is 8.31. The average Bonchev–Trinajstić information content (AvgIpc) is 2.84. The number of fused-ring (bicyclic) bond motifs is 1. The van der Waals surface area contributed by atoms with Crippen LogP contribution in [0.5, 0.6) is 0 Å². The normalized spacial score (nSPS) is 11.0. The first-order valence-corrected chi connectivity index (χ1v) is 4.75. The van der Waals surface area contributed by atoms with Gasteiger partial charge in [-0.1, -0.05) is 12.1 Å². The van der Waals surface area contributed by atoms with E-state index in [1.54, 1.807) is 4.68 Å². The molecular weight excluding hydrogens is 188 g/mol. The minimum absolute atomic E-state index is 1.05. The van der Waals surface area contributed by atoms with Crippen LogP contribution in [0.25, 0.3) is 22.0 Å². The van der Waals surface area contributed by atoms with Crippen LogP contribution in [-0.4, -0.2) is 20.0 Å². The SMILES string of the molecule is Cn1cc(-c2ccc3cn[nH]c3c2)cn1. The van der Waals surface area contributed by atoms with E-state index >= 15 is 0 Å². The molecule has 3 aromatic rings. The summed E-state index contributed by atoms with van der Waals surface area (Å²) in [7, 11) is 1.91. The maximum absolute atomic E-state index is 4.15. The van der Waals surface area contributed by atoms with Crippen LogP contribution in [-0.2, 0) is 7.05 Å². The van der Waals surface area contributed by atoms with Gasteiger partial charge in [-0.2, -0.15) is 10.2 Å². The van der Waals surface area contributed by atoms with Crippen molar-refractivity contribution in [2.45, 2.75) is 0 Å². The van der Waals surface area contributed by atoms with E-state index in [0.29, 0.717) is 0 Å². The maximum atomic E-state index is 4.15. The number of nitrogens with one attached hydrogen (secondary N) is 1. The van der Waals surface area contributed by atoms with Crippen molar-refractivity contribution in [3.05, 3.63) is 36.8 Å². The summed E-state index contributed by atoms with van der Waals surface area (Å²) in [4.78, 5) is 0. The van der Waals surface area contributed by atoms with Gasteiger partial charge in [-0.05, 0) is 11.6 Å². The van der Waals surface area contributed by atoms with Crippen LogP contribution in [0.3, 0.4) is 0 Å². The van der Waals surface area contributed by atoms with Crippen molar-refractivity contribution in [2.75, 3.05) is 0 Å². The topological polar surface area (TPSA) is 46.5 Å². The van der Waals surface area contributed by atoms with E-state index in [-0.39, 0.29) is 0 Å². The van der Waals surface area contributed by atoms with Gasteiger partial charge in [0.05, 0.1) is 17.9 Å². The number of aromatic amines is 1. The van der Waals surface area contributed by atoms with Crippen molar-refractivity contribution in [1.82, 2.24) is 20.0 Å². The van der Waals surface area contributed by atoms with Gasteiger partial charge in [0.1, 0.15) is 0 Å². The molecule has 0 bridgehead atoms. The van der Waals surface area contributed by atoms with Gasteiger partial charge in [-0.3, -0.25) is 9.78 Å². The first kappa shape index (κ1) is 8.23. The number of hydrogen-bond donors (Lipinski definition) is 1. The maximum Gasteiger partial charge on any atom is 0.0656 e.